The van der Waals surface area contributed by atoms with Crippen molar-refractivity contribution in [3.8, 4) is 0 Å². The first kappa shape index (κ1) is 64.5. The molecular weight excluding hydrogens is 1070 g/mol. The molecule has 0 radical (unpaired) electrons. The van der Waals surface area contributed by atoms with Crippen molar-refractivity contribution < 1.29 is 161 Å². The number of rotatable bonds is 23. The number of hydrogen-bond acceptors (Lipinski definition) is 32. The summed E-state index contributed by atoms with van der Waals surface area (Å²) in [6.07, 6.45) is -54.3. The van der Waals surface area contributed by atoms with E-state index in [4.69, 9.17) is 47.4 Å². The zero-order valence-corrected chi connectivity index (χ0v) is 41.4. The van der Waals surface area contributed by atoms with E-state index in [2.05, 4.69) is 14.8 Å². The van der Waals surface area contributed by atoms with E-state index in [0.717, 1.165) is 13.8 Å². The summed E-state index contributed by atoms with van der Waals surface area (Å²) in [6.45, 7) is -3.47. The lowest BCUT2D eigenvalue weighted by Gasteiger charge is -2.50. The Balaban J connectivity index is 1.48. The number of amides is 2. The number of aliphatic hydroxyl groups is 17. The predicted octanol–water partition coefficient (Wildman–Crippen LogP) is -13.3. The van der Waals surface area contributed by atoms with Gasteiger partial charge in [0.05, 0.1) is 51.8 Å². The van der Waals surface area contributed by atoms with Gasteiger partial charge in [-0.2, -0.15) is 8.42 Å². The van der Waals surface area contributed by atoms with Crippen LogP contribution in [0.3, 0.4) is 0 Å². The lowest BCUT2D eigenvalue weighted by atomic mass is 9.95. The monoisotopic (exact) mass is 1140 g/mol. The van der Waals surface area contributed by atoms with E-state index in [1.807, 2.05) is 0 Å². The second-order valence-electron chi connectivity index (χ2n) is 18.5. The van der Waals surface area contributed by atoms with Crippen molar-refractivity contribution in [2.75, 3.05) is 39.6 Å². The van der Waals surface area contributed by atoms with E-state index >= 15 is 0 Å². The molecule has 0 aromatic carbocycles. The summed E-state index contributed by atoms with van der Waals surface area (Å²) in [6, 6.07) is -3.66. The van der Waals surface area contributed by atoms with Gasteiger partial charge in [0.2, 0.25) is 11.8 Å². The third kappa shape index (κ3) is 15.4. The molecule has 20 N–H and O–H groups in total. The molecule has 5 rings (SSSR count). The molecular formula is C40H70N2O33S. The topological polar surface area (TPSA) is 558 Å². The summed E-state index contributed by atoms with van der Waals surface area (Å²) < 4.78 is 94.3. The van der Waals surface area contributed by atoms with Crippen LogP contribution in [-0.2, 0) is 71.5 Å². The van der Waals surface area contributed by atoms with E-state index in [9.17, 15) is 109 Å². The standard InChI is InChI=1S/C40H70N2O33S/c1-10-20(50)26(56)29(59)37(67-10)75-35-34(74-39-31(61)28(58)23(53)16(6-45)69-39)24(54)17(7-46)70-40(35)72-32(13(4-43)41-11(2)47)21(51)14(49)8-65-36-19(42-12(3)48)25(55)33(18(71-36)9-66-76(62,63)64)73-38-30(60)27(57)22(52)15(5-44)68-38/h10,13-40,43-46,49-61H,4-9H2,1-3H3,(H,41,47)(H,42,48)(H,62,63,64)/t10-,13-,14+,15+,16+,17+,18+,19+,20+,21-,22-,23-,24-,25+,26+,27-,28-,29-,30+,31+,32+,33+,34-,35+,36+,37-,38-,39+,40-/m0/s1. The fourth-order valence-corrected chi connectivity index (χ4v) is 9.19. The van der Waals surface area contributed by atoms with Crippen LogP contribution in [0, 0.1) is 0 Å². The van der Waals surface area contributed by atoms with Crippen LogP contribution < -0.4 is 10.6 Å². The number of nitrogens with one attached hydrogen (secondary N) is 2. The highest BCUT2D eigenvalue weighted by molar-refractivity contribution is 7.80. The molecule has 0 aliphatic carbocycles. The summed E-state index contributed by atoms with van der Waals surface area (Å²) in [5.41, 5.74) is 0. The minimum absolute atomic E-state index is 0.905. The minimum atomic E-state index is -5.31. The van der Waals surface area contributed by atoms with Crippen molar-refractivity contribution >= 4 is 22.2 Å². The van der Waals surface area contributed by atoms with Crippen LogP contribution in [0.25, 0.3) is 0 Å². The average Bonchev–Trinajstić information content (AvgIpc) is 3.37. The van der Waals surface area contributed by atoms with Gasteiger partial charge in [-0.3, -0.25) is 14.1 Å². The summed E-state index contributed by atoms with van der Waals surface area (Å²) >= 11 is 0. The van der Waals surface area contributed by atoms with Crippen LogP contribution in [-0.4, -0.2) is 329 Å². The van der Waals surface area contributed by atoms with Gasteiger partial charge < -0.3 is 145 Å². The van der Waals surface area contributed by atoms with Gasteiger partial charge in [-0.1, -0.05) is 0 Å². The number of hydrogen-bond donors (Lipinski definition) is 20. The summed E-state index contributed by atoms with van der Waals surface area (Å²) in [5.74, 6) is -1.82. The highest BCUT2D eigenvalue weighted by atomic mass is 32.3. The molecule has 5 saturated heterocycles. The molecule has 5 fully saturated rings. The van der Waals surface area contributed by atoms with Gasteiger partial charge in [0, 0.05) is 13.8 Å². The van der Waals surface area contributed by atoms with Crippen molar-refractivity contribution in [3.05, 3.63) is 0 Å². The van der Waals surface area contributed by atoms with Gasteiger partial charge in [0.15, 0.2) is 31.5 Å². The minimum Gasteiger partial charge on any atom is -0.394 e. The summed E-state index contributed by atoms with van der Waals surface area (Å²) in [4.78, 5) is 25.0. The first-order valence-electron chi connectivity index (χ1n) is 23.5. The van der Waals surface area contributed by atoms with Gasteiger partial charge in [-0.25, -0.2) is 4.18 Å². The van der Waals surface area contributed by atoms with Crippen LogP contribution >= 0.6 is 0 Å². The molecule has 2 amide bonds. The lowest BCUT2D eigenvalue weighted by molar-refractivity contribution is -0.396. The average molecular weight is 1140 g/mol. The van der Waals surface area contributed by atoms with E-state index in [-0.39, 0.29) is 0 Å². The number of aliphatic hydroxyl groups excluding tert-OH is 17. The molecule has 36 heteroatoms. The fraction of sp³-hybridized carbons (Fsp3) is 0.950. The maximum absolute atomic E-state index is 12.5. The Kier molecular flexibility index (Phi) is 23.7. The van der Waals surface area contributed by atoms with Gasteiger partial charge in [0.25, 0.3) is 0 Å². The molecule has 5 aliphatic rings. The Morgan fingerprint density at radius 3 is 1.50 bits per heavy atom. The molecule has 76 heavy (non-hydrogen) atoms. The van der Waals surface area contributed by atoms with Crippen molar-refractivity contribution in [2.45, 2.75) is 199 Å². The summed E-state index contributed by atoms with van der Waals surface area (Å²) in [7, 11) is -5.31. The molecule has 5 aliphatic heterocycles. The van der Waals surface area contributed by atoms with Gasteiger partial charge >= 0.3 is 10.4 Å². The molecule has 5 heterocycles. The Labute approximate surface area is 431 Å². The first-order chi connectivity index (χ1) is 35.6. The van der Waals surface area contributed by atoms with Crippen LogP contribution in [0.4, 0.5) is 0 Å². The highest BCUT2D eigenvalue weighted by Crippen LogP contribution is 2.36. The molecule has 0 saturated carbocycles. The van der Waals surface area contributed by atoms with E-state index in [0.29, 0.717) is 0 Å². The fourth-order valence-electron chi connectivity index (χ4n) is 8.88. The smallest absolute Gasteiger partial charge is 0.394 e. The maximum atomic E-state index is 12.5. The Morgan fingerprint density at radius 2 is 1.01 bits per heavy atom. The second kappa shape index (κ2) is 27.9. The number of carbonyl (C=O) groups is 2. The third-order valence-corrected chi connectivity index (χ3v) is 13.5. The maximum Gasteiger partial charge on any atom is 0.397 e. The lowest BCUT2D eigenvalue weighted by Crippen LogP contribution is -2.68. The molecule has 0 unspecified atom stereocenters. The van der Waals surface area contributed by atoms with Crippen LogP contribution in [0.1, 0.15) is 20.8 Å². The van der Waals surface area contributed by atoms with E-state index in [1.165, 1.54) is 6.92 Å². The van der Waals surface area contributed by atoms with Crippen molar-refractivity contribution in [1.29, 1.82) is 0 Å². The molecule has 0 spiro atoms. The zero-order chi connectivity index (χ0) is 56.8. The van der Waals surface area contributed by atoms with Crippen LogP contribution in [0.2, 0.25) is 0 Å². The zero-order valence-electron chi connectivity index (χ0n) is 40.6. The Morgan fingerprint density at radius 1 is 0.553 bits per heavy atom. The summed E-state index contributed by atoms with van der Waals surface area (Å²) in [5, 5.41) is 187. The van der Waals surface area contributed by atoms with Crippen LogP contribution in [0.15, 0.2) is 0 Å². The predicted molar refractivity (Wildman–Crippen MR) is 234 cm³/mol. The molecule has 0 aromatic rings. The molecule has 444 valence electrons. The van der Waals surface area contributed by atoms with Gasteiger partial charge in [-0.05, 0) is 6.92 Å². The normalized spacial score (nSPS) is 44.1. The van der Waals surface area contributed by atoms with Crippen molar-refractivity contribution in [1.82, 2.24) is 10.6 Å². The quantitative estimate of drug-likeness (QED) is 0.0423. The highest BCUT2D eigenvalue weighted by Gasteiger charge is 2.57. The Hall–Kier alpha value is -2.27. The molecule has 0 aromatic heterocycles. The van der Waals surface area contributed by atoms with Gasteiger partial charge in [0.1, 0.15) is 134 Å². The molecule has 29 atom stereocenters. The number of ether oxygens (including phenoxy) is 10. The largest absolute Gasteiger partial charge is 0.397 e. The van der Waals surface area contributed by atoms with Gasteiger partial charge in [-0.15, -0.1) is 0 Å². The first-order valence-corrected chi connectivity index (χ1v) is 24.9. The van der Waals surface area contributed by atoms with E-state index < -0.39 is 240 Å². The van der Waals surface area contributed by atoms with Crippen LogP contribution in [0.5, 0.6) is 0 Å². The number of carbonyl (C=O) groups excluding carboxylic acids is 2. The van der Waals surface area contributed by atoms with E-state index in [1.54, 1.807) is 0 Å². The molecule has 0 bridgehead atoms. The Bertz CT molecular complexity index is 1930. The second-order valence-corrected chi connectivity index (χ2v) is 19.6. The molecule has 35 nitrogen and oxygen atoms in total. The third-order valence-electron chi connectivity index (χ3n) is 13.0. The van der Waals surface area contributed by atoms with Crippen molar-refractivity contribution in [3.63, 3.8) is 0 Å². The SMILES string of the molecule is CC(=O)N[C@H]1[C@H](OC[C@@H](O)[C@H](O)[C@H](O[C@@H]2O[C@H](CO)[C@H](O)[C@H](O[C@H]3O[C@H](CO)[C@H](O)[C@H](O)[C@H]3O)[C@H]2O[C@@H]2O[C@@H](C)[C@@H](O)[C@@H](O)[C@@H]2O)[C@H](CO)NC(C)=O)O[C@H](COS(=O)(=O)O)[C@@H](O[C@@H]2O[C@H](CO)[C@H](O)[C@H](O)[C@H]2O)[C@@H]1O. The van der Waals surface area contributed by atoms with Crippen molar-refractivity contribution in [2.24, 2.45) is 0 Å².